The molecule has 0 aromatic rings. The fraction of sp³-hybridized carbons (Fsp3) is 0.667. The summed E-state index contributed by atoms with van der Waals surface area (Å²) in [6.45, 7) is 6.91. The van der Waals surface area contributed by atoms with Gasteiger partial charge in [-0.05, 0) is 19.9 Å². The monoisotopic (exact) mass is 241 g/mol. The molecule has 1 aliphatic heterocycles. The number of esters is 2. The Labute approximate surface area is 101 Å². The molecule has 0 aromatic carbocycles. The molecule has 0 aromatic heterocycles. The van der Waals surface area contributed by atoms with E-state index in [1.807, 2.05) is 0 Å². The molecule has 2 unspecified atom stereocenters. The maximum atomic E-state index is 11.8. The van der Waals surface area contributed by atoms with Gasteiger partial charge in [0.25, 0.3) is 0 Å². The van der Waals surface area contributed by atoms with Crippen LogP contribution in [0, 0.1) is 11.8 Å². The van der Waals surface area contributed by atoms with Gasteiger partial charge in [-0.15, -0.1) is 0 Å². The number of nitrogens with one attached hydrogen (secondary N) is 1. The molecule has 1 heterocycles. The van der Waals surface area contributed by atoms with Crippen LogP contribution in [-0.2, 0) is 19.1 Å². The van der Waals surface area contributed by atoms with Gasteiger partial charge in [0.05, 0.1) is 18.4 Å². The molecular weight excluding hydrogens is 222 g/mol. The Hall–Kier alpha value is -1.36. The van der Waals surface area contributed by atoms with Crippen LogP contribution in [0.2, 0.25) is 0 Å². The van der Waals surface area contributed by atoms with E-state index in [1.165, 1.54) is 6.08 Å². The first-order valence-corrected chi connectivity index (χ1v) is 5.85. The first-order valence-electron chi connectivity index (χ1n) is 5.85. The topological polar surface area (TPSA) is 64.6 Å². The van der Waals surface area contributed by atoms with Gasteiger partial charge in [0.15, 0.2) is 0 Å². The smallest absolute Gasteiger partial charge is 0.311 e. The molecule has 0 saturated carbocycles. The highest BCUT2D eigenvalue weighted by Crippen LogP contribution is 2.22. The molecule has 5 nitrogen and oxygen atoms in total. The van der Waals surface area contributed by atoms with Crippen LogP contribution in [-0.4, -0.2) is 38.2 Å². The van der Waals surface area contributed by atoms with Gasteiger partial charge in [-0.1, -0.05) is 12.7 Å². The fourth-order valence-electron chi connectivity index (χ4n) is 1.89. The highest BCUT2D eigenvalue weighted by molar-refractivity contribution is 5.82. The molecule has 1 aliphatic rings. The molecule has 0 bridgehead atoms. The van der Waals surface area contributed by atoms with Gasteiger partial charge in [0, 0.05) is 6.54 Å². The lowest BCUT2D eigenvalue weighted by Crippen LogP contribution is -2.45. The van der Waals surface area contributed by atoms with Gasteiger partial charge in [0.2, 0.25) is 0 Å². The molecule has 1 rings (SSSR count). The molecule has 96 valence electrons. The SMILES string of the molecule is C=CCOC(=O)C1CCNCC1C(=O)OCC. The summed E-state index contributed by atoms with van der Waals surface area (Å²) >= 11 is 0. The van der Waals surface area contributed by atoms with Crippen molar-refractivity contribution < 1.29 is 19.1 Å². The minimum Gasteiger partial charge on any atom is -0.466 e. The molecule has 1 fully saturated rings. The average molecular weight is 241 g/mol. The van der Waals surface area contributed by atoms with E-state index in [-0.39, 0.29) is 18.5 Å². The zero-order valence-corrected chi connectivity index (χ0v) is 10.1. The zero-order chi connectivity index (χ0) is 12.7. The summed E-state index contributed by atoms with van der Waals surface area (Å²) in [6, 6.07) is 0. The van der Waals surface area contributed by atoms with Crippen LogP contribution >= 0.6 is 0 Å². The Kier molecular flexibility index (Phi) is 5.69. The first-order chi connectivity index (χ1) is 8.20. The Bertz CT molecular complexity index is 290. The van der Waals surface area contributed by atoms with Crippen LogP contribution in [0.4, 0.5) is 0 Å². The van der Waals surface area contributed by atoms with E-state index in [2.05, 4.69) is 11.9 Å². The standard InChI is InChI=1S/C12H19NO4/c1-3-7-17-11(14)9-5-6-13-8-10(9)12(15)16-4-2/h3,9-10,13H,1,4-8H2,2H3. The van der Waals surface area contributed by atoms with Crippen molar-refractivity contribution in [1.82, 2.24) is 5.32 Å². The zero-order valence-electron chi connectivity index (χ0n) is 10.1. The van der Waals surface area contributed by atoms with Crippen molar-refractivity contribution in [2.45, 2.75) is 13.3 Å². The van der Waals surface area contributed by atoms with E-state index in [0.29, 0.717) is 26.1 Å². The minimum atomic E-state index is -0.444. The lowest BCUT2D eigenvalue weighted by Gasteiger charge is -2.28. The molecule has 1 saturated heterocycles. The third-order valence-corrected chi connectivity index (χ3v) is 2.72. The molecule has 0 amide bonds. The lowest BCUT2D eigenvalue weighted by atomic mass is 9.86. The van der Waals surface area contributed by atoms with Crippen molar-refractivity contribution >= 4 is 11.9 Å². The van der Waals surface area contributed by atoms with E-state index in [9.17, 15) is 9.59 Å². The van der Waals surface area contributed by atoms with Gasteiger partial charge < -0.3 is 14.8 Å². The van der Waals surface area contributed by atoms with Crippen LogP contribution in [0.1, 0.15) is 13.3 Å². The summed E-state index contributed by atoms with van der Waals surface area (Å²) in [5.74, 6) is -1.53. The summed E-state index contributed by atoms with van der Waals surface area (Å²) in [5, 5.41) is 3.09. The Morgan fingerprint density at radius 1 is 1.35 bits per heavy atom. The molecule has 0 spiro atoms. The number of carbonyl (C=O) groups is 2. The number of ether oxygens (including phenoxy) is 2. The third kappa shape index (κ3) is 3.85. The van der Waals surface area contributed by atoms with E-state index in [0.717, 1.165) is 0 Å². The first kappa shape index (κ1) is 13.7. The molecule has 5 heteroatoms. The second-order valence-electron chi connectivity index (χ2n) is 3.88. The summed E-state index contributed by atoms with van der Waals surface area (Å²) < 4.78 is 9.96. The molecular formula is C12H19NO4. The molecule has 1 N–H and O–H groups in total. The maximum absolute atomic E-state index is 11.8. The summed E-state index contributed by atoms with van der Waals surface area (Å²) in [4.78, 5) is 23.5. The van der Waals surface area contributed by atoms with Gasteiger partial charge in [-0.2, -0.15) is 0 Å². The van der Waals surface area contributed by atoms with E-state index in [4.69, 9.17) is 9.47 Å². The molecule has 0 aliphatic carbocycles. The van der Waals surface area contributed by atoms with Crippen LogP contribution < -0.4 is 5.32 Å². The van der Waals surface area contributed by atoms with E-state index < -0.39 is 11.8 Å². The molecule has 0 radical (unpaired) electrons. The van der Waals surface area contributed by atoms with Crippen molar-refractivity contribution in [3.63, 3.8) is 0 Å². The number of piperidine rings is 1. The van der Waals surface area contributed by atoms with E-state index in [1.54, 1.807) is 6.92 Å². The van der Waals surface area contributed by atoms with Gasteiger partial charge >= 0.3 is 11.9 Å². The highest BCUT2D eigenvalue weighted by Gasteiger charge is 2.37. The predicted octanol–water partition coefficient (Wildman–Crippen LogP) is 0.504. The number of rotatable bonds is 5. The number of carbonyl (C=O) groups excluding carboxylic acids is 2. The van der Waals surface area contributed by atoms with E-state index >= 15 is 0 Å². The Morgan fingerprint density at radius 2 is 2.06 bits per heavy atom. The largest absolute Gasteiger partial charge is 0.466 e. The molecule has 17 heavy (non-hydrogen) atoms. The normalized spacial score (nSPS) is 23.8. The van der Waals surface area contributed by atoms with Crippen LogP contribution in [0.25, 0.3) is 0 Å². The quantitative estimate of drug-likeness (QED) is 0.561. The number of hydrogen-bond acceptors (Lipinski definition) is 5. The highest BCUT2D eigenvalue weighted by atomic mass is 16.5. The lowest BCUT2D eigenvalue weighted by molar-refractivity contribution is -0.161. The summed E-state index contributed by atoms with van der Waals surface area (Å²) in [6.07, 6.45) is 2.11. The average Bonchev–Trinajstić information content (AvgIpc) is 2.36. The van der Waals surface area contributed by atoms with Gasteiger partial charge in [-0.25, -0.2) is 0 Å². The second kappa shape index (κ2) is 7.06. The Morgan fingerprint density at radius 3 is 2.71 bits per heavy atom. The summed E-state index contributed by atoms with van der Waals surface area (Å²) in [7, 11) is 0. The van der Waals surface area contributed by atoms with Crippen molar-refractivity contribution in [3.05, 3.63) is 12.7 Å². The van der Waals surface area contributed by atoms with Gasteiger partial charge in [-0.3, -0.25) is 9.59 Å². The fourth-order valence-corrected chi connectivity index (χ4v) is 1.89. The summed E-state index contributed by atoms with van der Waals surface area (Å²) in [5.41, 5.74) is 0. The van der Waals surface area contributed by atoms with Crippen molar-refractivity contribution in [1.29, 1.82) is 0 Å². The second-order valence-corrected chi connectivity index (χ2v) is 3.88. The third-order valence-electron chi connectivity index (χ3n) is 2.72. The minimum absolute atomic E-state index is 0.179. The molecule has 2 atom stereocenters. The van der Waals surface area contributed by atoms with Crippen molar-refractivity contribution in [3.8, 4) is 0 Å². The van der Waals surface area contributed by atoms with Crippen LogP contribution in [0.3, 0.4) is 0 Å². The predicted molar refractivity (Wildman–Crippen MR) is 62.3 cm³/mol. The number of hydrogen-bond donors (Lipinski definition) is 1. The maximum Gasteiger partial charge on any atom is 0.311 e. The Balaban J connectivity index is 2.61. The van der Waals surface area contributed by atoms with Gasteiger partial charge in [0.1, 0.15) is 6.61 Å². The van der Waals surface area contributed by atoms with Crippen molar-refractivity contribution in [2.75, 3.05) is 26.3 Å². The van der Waals surface area contributed by atoms with Crippen molar-refractivity contribution in [2.24, 2.45) is 11.8 Å². The van der Waals surface area contributed by atoms with Crippen LogP contribution in [0.15, 0.2) is 12.7 Å². The van der Waals surface area contributed by atoms with Crippen LogP contribution in [0.5, 0.6) is 0 Å².